The molecule has 6 heteroatoms. The topological polar surface area (TPSA) is 76.4 Å². The molecule has 1 aliphatic heterocycles. The first-order valence-electron chi connectivity index (χ1n) is 8.73. The molecule has 1 saturated heterocycles. The minimum atomic E-state index is -0.567. The molecule has 1 fully saturated rings. The van der Waals surface area contributed by atoms with E-state index >= 15 is 0 Å². The lowest BCUT2D eigenvalue weighted by Gasteiger charge is -2.22. The molecule has 25 heavy (non-hydrogen) atoms. The first-order chi connectivity index (χ1) is 11.9. The lowest BCUT2D eigenvalue weighted by Crippen LogP contribution is -2.41. The number of hydrogen-bond donors (Lipinski definition) is 1. The van der Waals surface area contributed by atoms with Gasteiger partial charge < -0.3 is 15.1 Å². The van der Waals surface area contributed by atoms with Crippen molar-refractivity contribution in [3.8, 4) is 6.07 Å². The van der Waals surface area contributed by atoms with Crippen LogP contribution in [-0.2, 0) is 10.2 Å². The highest BCUT2D eigenvalue weighted by atomic mass is 16.2. The van der Waals surface area contributed by atoms with E-state index in [1.165, 1.54) is 0 Å². The van der Waals surface area contributed by atoms with Crippen LogP contribution in [0.3, 0.4) is 0 Å². The molecule has 1 aromatic carbocycles. The van der Waals surface area contributed by atoms with Crippen LogP contribution < -0.4 is 5.32 Å². The largest absolute Gasteiger partial charge is 0.341 e. The molecule has 0 radical (unpaired) electrons. The molecular formula is C19H26N4O2. The number of hydrogen-bond acceptors (Lipinski definition) is 3. The van der Waals surface area contributed by atoms with Gasteiger partial charge >= 0.3 is 6.03 Å². The molecule has 0 atom stereocenters. The second-order valence-electron chi connectivity index (χ2n) is 6.90. The van der Waals surface area contributed by atoms with Crippen LogP contribution in [0.25, 0.3) is 0 Å². The molecule has 0 saturated carbocycles. The summed E-state index contributed by atoms with van der Waals surface area (Å²) in [6, 6.07) is 9.25. The molecule has 0 aromatic heterocycles. The number of rotatable bonds is 4. The summed E-state index contributed by atoms with van der Waals surface area (Å²) in [6.07, 6.45) is 1.71. The second-order valence-corrected chi connectivity index (χ2v) is 6.90. The standard InChI is InChI=1S/C19H26N4O2/c1-4-10-22-11-5-12-23(13-17(22)24)18(25)21-16-8-6-15(7-9-16)19(2,3)14-20/h6-9H,4-5,10-13H2,1-3H3,(H,21,25). The Kier molecular flexibility index (Phi) is 6.02. The van der Waals surface area contributed by atoms with Gasteiger partial charge in [-0.2, -0.15) is 5.26 Å². The maximum absolute atomic E-state index is 12.5. The summed E-state index contributed by atoms with van der Waals surface area (Å²) < 4.78 is 0. The van der Waals surface area contributed by atoms with Gasteiger partial charge in [-0.15, -0.1) is 0 Å². The van der Waals surface area contributed by atoms with Gasteiger partial charge in [-0.25, -0.2) is 4.79 Å². The fourth-order valence-electron chi connectivity index (χ4n) is 2.84. The number of nitriles is 1. The Bertz CT molecular complexity index is 661. The van der Waals surface area contributed by atoms with E-state index < -0.39 is 5.41 Å². The number of nitrogens with one attached hydrogen (secondary N) is 1. The van der Waals surface area contributed by atoms with Crippen LogP contribution in [0.5, 0.6) is 0 Å². The van der Waals surface area contributed by atoms with Gasteiger partial charge in [0.2, 0.25) is 5.91 Å². The Morgan fingerprint density at radius 3 is 2.56 bits per heavy atom. The van der Waals surface area contributed by atoms with Gasteiger partial charge in [0.05, 0.1) is 11.5 Å². The lowest BCUT2D eigenvalue weighted by molar-refractivity contribution is -0.130. The van der Waals surface area contributed by atoms with E-state index in [4.69, 9.17) is 0 Å². The summed E-state index contributed by atoms with van der Waals surface area (Å²) in [6.45, 7) is 7.87. The van der Waals surface area contributed by atoms with E-state index in [2.05, 4.69) is 11.4 Å². The number of carbonyl (C=O) groups excluding carboxylic acids is 2. The maximum atomic E-state index is 12.5. The Hall–Kier alpha value is -2.55. The van der Waals surface area contributed by atoms with Crippen molar-refractivity contribution in [1.82, 2.24) is 9.80 Å². The fourth-order valence-corrected chi connectivity index (χ4v) is 2.84. The highest BCUT2D eigenvalue weighted by Gasteiger charge is 2.24. The fraction of sp³-hybridized carbons (Fsp3) is 0.526. The quantitative estimate of drug-likeness (QED) is 0.914. The van der Waals surface area contributed by atoms with Gasteiger partial charge in [-0.05, 0) is 44.4 Å². The second kappa shape index (κ2) is 8.02. The number of benzene rings is 1. The van der Waals surface area contributed by atoms with Gasteiger partial charge in [0.15, 0.2) is 0 Å². The van der Waals surface area contributed by atoms with Gasteiger partial charge in [0.25, 0.3) is 0 Å². The van der Waals surface area contributed by atoms with Gasteiger partial charge in [0, 0.05) is 25.3 Å². The normalized spacial score (nSPS) is 15.5. The SMILES string of the molecule is CCCN1CCCN(C(=O)Nc2ccc(C(C)(C)C#N)cc2)CC1=O. The molecule has 1 aliphatic rings. The molecule has 2 rings (SSSR count). The number of nitrogens with zero attached hydrogens (tertiary/aromatic N) is 3. The number of urea groups is 1. The number of anilines is 1. The van der Waals surface area contributed by atoms with Crippen LogP contribution >= 0.6 is 0 Å². The zero-order valence-corrected chi connectivity index (χ0v) is 15.2. The van der Waals surface area contributed by atoms with E-state index in [-0.39, 0.29) is 18.5 Å². The van der Waals surface area contributed by atoms with E-state index in [0.717, 1.165) is 24.9 Å². The van der Waals surface area contributed by atoms with Crippen LogP contribution in [0.2, 0.25) is 0 Å². The third kappa shape index (κ3) is 4.72. The van der Waals surface area contributed by atoms with Gasteiger partial charge in [-0.1, -0.05) is 19.1 Å². The lowest BCUT2D eigenvalue weighted by atomic mass is 9.86. The first kappa shape index (κ1) is 18.8. The van der Waals surface area contributed by atoms with Crippen LogP contribution in [0.4, 0.5) is 10.5 Å². The number of amides is 3. The predicted molar refractivity (Wildman–Crippen MR) is 97.2 cm³/mol. The smallest absolute Gasteiger partial charge is 0.322 e. The summed E-state index contributed by atoms with van der Waals surface area (Å²) in [4.78, 5) is 28.1. The number of carbonyl (C=O) groups is 2. The molecule has 0 aliphatic carbocycles. The Balaban J connectivity index is 2.00. The molecule has 1 aromatic rings. The Morgan fingerprint density at radius 2 is 1.96 bits per heavy atom. The summed E-state index contributed by atoms with van der Waals surface area (Å²) in [5.74, 6) is 0.000572. The molecule has 0 unspecified atom stereocenters. The first-order valence-corrected chi connectivity index (χ1v) is 8.73. The van der Waals surface area contributed by atoms with Crippen LogP contribution in [0, 0.1) is 11.3 Å². The summed E-state index contributed by atoms with van der Waals surface area (Å²) >= 11 is 0. The van der Waals surface area contributed by atoms with E-state index in [1.54, 1.807) is 17.0 Å². The van der Waals surface area contributed by atoms with Crippen molar-refractivity contribution in [1.29, 1.82) is 5.26 Å². The van der Waals surface area contributed by atoms with Crippen molar-refractivity contribution < 1.29 is 9.59 Å². The molecule has 3 amide bonds. The van der Waals surface area contributed by atoms with Crippen LogP contribution in [0.15, 0.2) is 24.3 Å². The van der Waals surface area contributed by atoms with Gasteiger partial charge in [-0.3, -0.25) is 4.79 Å². The third-order valence-electron chi connectivity index (χ3n) is 4.45. The van der Waals surface area contributed by atoms with Crippen LogP contribution in [0.1, 0.15) is 39.2 Å². The molecular weight excluding hydrogens is 316 g/mol. The van der Waals surface area contributed by atoms with Crippen molar-refractivity contribution in [2.45, 2.75) is 39.0 Å². The van der Waals surface area contributed by atoms with Crippen LogP contribution in [-0.4, -0.2) is 47.9 Å². The van der Waals surface area contributed by atoms with Crippen molar-refractivity contribution in [2.75, 3.05) is 31.5 Å². The molecule has 1 N–H and O–H groups in total. The van der Waals surface area contributed by atoms with Crippen molar-refractivity contribution >= 4 is 17.6 Å². The molecule has 0 spiro atoms. The summed E-state index contributed by atoms with van der Waals surface area (Å²) in [7, 11) is 0. The van der Waals surface area contributed by atoms with E-state index in [1.807, 2.05) is 37.8 Å². The molecule has 134 valence electrons. The maximum Gasteiger partial charge on any atom is 0.322 e. The van der Waals surface area contributed by atoms with E-state index in [0.29, 0.717) is 18.8 Å². The Morgan fingerprint density at radius 1 is 1.28 bits per heavy atom. The third-order valence-corrected chi connectivity index (χ3v) is 4.45. The zero-order chi connectivity index (χ0) is 18.4. The van der Waals surface area contributed by atoms with Crippen molar-refractivity contribution in [2.24, 2.45) is 0 Å². The molecule has 6 nitrogen and oxygen atoms in total. The summed E-state index contributed by atoms with van der Waals surface area (Å²) in [5, 5.41) is 12.0. The van der Waals surface area contributed by atoms with Gasteiger partial charge in [0.1, 0.15) is 6.54 Å². The predicted octanol–water partition coefficient (Wildman–Crippen LogP) is 2.96. The summed E-state index contributed by atoms with van der Waals surface area (Å²) in [5.41, 5.74) is 0.986. The van der Waals surface area contributed by atoms with Crippen molar-refractivity contribution in [3.05, 3.63) is 29.8 Å². The average Bonchev–Trinajstić information content (AvgIpc) is 2.78. The highest BCUT2D eigenvalue weighted by Crippen LogP contribution is 2.23. The Labute approximate surface area is 149 Å². The monoisotopic (exact) mass is 342 g/mol. The minimum absolute atomic E-state index is 0.000572. The minimum Gasteiger partial charge on any atom is -0.341 e. The molecule has 1 heterocycles. The van der Waals surface area contributed by atoms with Crippen molar-refractivity contribution in [3.63, 3.8) is 0 Å². The van der Waals surface area contributed by atoms with E-state index in [9.17, 15) is 14.9 Å². The average molecular weight is 342 g/mol. The molecule has 0 bridgehead atoms. The highest BCUT2D eigenvalue weighted by molar-refractivity contribution is 5.92. The zero-order valence-electron chi connectivity index (χ0n) is 15.2.